The number of amides is 1. The summed E-state index contributed by atoms with van der Waals surface area (Å²) in [6, 6.07) is 6.09. The summed E-state index contributed by atoms with van der Waals surface area (Å²) in [4.78, 5) is 22.0. The van der Waals surface area contributed by atoms with E-state index in [0.29, 0.717) is 31.9 Å². The molecule has 1 heterocycles. The number of morpholine rings is 1. The van der Waals surface area contributed by atoms with Gasteiger partial charge < -0.3 is 15.2 Å². The number of carbonyl (C=O) groups is 2. The summed E-state index contributed by atoms with van der Waals surface area (Å²) >= 11 is 0. The number of hydrogen-bond acceptors (Lipinski definition) is 6. The van der Waals surface area contributed by atoms with E-state index in [-0.39, 0.29) is 4.90 Å². The first-order valence-electron chi connectivity index (χ1n) is 7.21. The number of rotatable bonds is 6. The molecule has 1 fully saturated rings. The van der Waals surface area contributed by atoms with Crippen molar-refractivity contribution in [1.29, 1.82) is 0 Å². The van der Waals surface area contributed by atoms with Crippen LogP contribution < -0.4 is 5.73 Å². The van der Waals surface area contributed by atoms with Gasteiger partial charge in [0.2, 0.25) is 10.0 Å². The molecule has 9 heteroatoms. The summed E-state index contributed by atoms with van der Waals surface area (Å²) in [7, 11) is -3.54. The first kappa shape index (κ1) is 18.1. The zero-order valence-electron chi connectivity index (χ0n) is 12.9. The molecular weight excluding hydrogens is 336 g/mol. The molecule has 1 aliphatic rings. The van der Waals surface area contributed by atoms with Crippen LogP contribution in [0, 0.1) is 0 Å². The van der Waals surface area contributed by atoms with Crippen LogP contribution in [0.1, 0.15) is 5.56 Å². The number of nitrogens with two attached hydrogens (primary N) is 1. The predicted molar refractivity (Wildman–Crippen MR) is 85.2 cm³/mol. The smallest absolute Gasteiger partial charge is 0.331 e. The van der Waals surface area contributed by atoms with Crippen LogP contribution in [0.3, 0.4) is 0 Å². The van der Waals surface area contributed by atoms with E-state index < -0.39 is 28.5 Å². The lowest BCUT2D eigenvalue weighted by atomic mass is 10.2. The van der Waals surface area contributed by atoms with Crippen LogP contribution >= 0.6 is 0 Å². The largest absolute Gasteiger partial charge is 0.452 e. The molecule has 1 aromatic rings. The minimum absolute atomic E-state index is 0.179. The summed E-state index contributed by atoms with van der Waals surface area (Å²) in [6.07, 6.45) is 2.59. The second-order valence-electron chi connectivity index (χ2n) is 4.99. The Morgan fingerprint density at radius 1 is 1.21 bits per heavy atom. The lowest BCUT2D eigenvalue weighted by molar-refractivity contribution is -0.142. The number of ether oxygens (including phenoxy) is 2. The van der Waals surface area contributed by atoms with Gasteiger partial charge in [-0.2, -0.15) is 4.31 Å². The van der Waals surface area contributed by atoms with Crippen molar-refractivity contribution in [2.45, 2.75) is 4.90 Å². The molecule has 0 atom stereocenters. The molecule has 0 aromatic heterocycles. The Labute approximate surface area is 139 Å². The van der Waals surface area contributed by atoms with Crippen molar-refractivity contribution in [3.63, 3.8) is 0 Å². The molecule has 1 aromatic carbocycles. The summed E-state index contributed by atoms with van der Waals surface area (Å²) in [5.41, 5.74) is 5.48. The van der Waals surface area contributed by atoms with Crippen molar-refractivity contribution >= 4 is 28.0 Å². The molecule has 0 radical (unpaired) electrons. The normalized spacial score (nSPS) is 16.2. The summed E-state index contributed by atoms with van der Waals surface area (Å²) in [5.74, 6) is -1.45. The predicted octanol–water partition coefficient (Wildman–Crippen LogP) is -0.251. The van der Waals surface area contributed by atoms with Crippen LogP contribution in [0.25, 0.3) is 6.08 Å². The Morgan fingerprint density at radius 2 is 1.83 bits per heavy atom. The molecule has 0 bridgehead atoms. The highest BCUT2D eigenvalue weighted by molar-refractivity contribution is 7.89. The Hall–Kier alpha value is -2.23. The molecule has 2 rings (SSSR count). The Bertz CT molecular complexity index is 721. The number of carbonyl (C=O) groups excluding carboxylic acids is 2. The zero-order valence-corrected chi connectivity index (χ0v) is 13.7. The molecule has 1 saturated heterocycles. The highest BCUT2D eigenvalue weighted by Gasteiger charge is 2.25. The van der Waals surface area contributed by atoms with Gasteiger partial charge in [0.15, 0.2) is 6.61 Å². The van der Waals surface area contributed by atoms with Crippen LogP contribution in [0.4, 0.5) is 0 Å². The molecule has 2 N–H and O–H groups in total. The maximum atomic E-state index is 12.4. The number of sulfonamides is 1. The van der Waals surface area contributed by atoms with Crippen molar-refractivity contribution in [1.82, 2.24) is 4.31 Å². The summed E-state index contributed by atoms with van der Waals surface area (Å²) < 4.78 is 36.0. The van der Waals surface area contributed by atoms with Gasteiger partial charge in [-0.25, -0.2) is 13.2 Å². The molecule has 24 heavy (non-hydrogen) atoms. The first-order valence-corrected chi connectivity index (χ1v) is 8.65. The van der Waals surface area contributed by atoms with Gasteiger partial charge in [-0.3, -0.25) is 4.79 Å². The SMILES string of the molecule is NC(=O)COC(=O)C=Cc1ccc(S(=O)(=O)N2CCOCC2)cc1. The van der Waals surface area contributed by atoms with Crippen molar-refractivity contribution in [2.24, 2.45) is 5.73 Å². The highest BCUT2D eigenvalue weighted by atomic mass is 32.2. The van der Waals surface area contributed by atoms with E-state index in [0.717, 1.165) is 6.08 Å². The standard InChI is InChI=1S/C15H18N2O6S/c16-14(18)11-23-15(19)6-3-12-1-4-13(5-2-12)24(20,21)17-7-9-22-10-8-17/h1-6H,7-11H2,(H2,16,18). The highest BCUT2D eigenvalue weighted by Crippen LogP contribution is 2.18. The summed E-state index contributed by atoms with van der Waals surface area (Å²) in [6.45, 7) is 0.937. The average molecular weight is 354 g/mol. The third kappa shape index (κ3) is 4.88. The fourth-order valence-corrected chi connectivity index (χ4v) is 3.45. The fourth-order valence-electron chi connectivity index (χ4n) is 2.04. The lowest BCUT2D eigenvalue weighted by Crippen LogP contribution is -2.40. The zero-order chi connectivity index (χ0) is 17.6. The van der Waals surface area contributed by atoms with E-state index in [9.17, 15) is 18.0 Å². The second kappa shape index (κ2) is 8.04. The van der Waals surface area contributed by atoms with E-state index >= 15 is 0 Å². The van der Waals surface area contributed by atoms with E-state index in [2.05, 4.69) is 4.74 Å². The van der Waals surface area contributed by atoms with E-state index in [1.807, 2.05) is 0 Å². The lowest BCUT2D eigenvalue weighted by Gasteiger charge is -2.26. The molecule has 1 amide bonds. The van der Waals surface area contributed by atoms with Gasteiger partial charge in [0.1, 0.15) is 0 Å². The molecule has 0 aliphatic carbocycles. The van der Waals surface area contributed by atoms with Gasteiger partial charge in [0.05, 0.1) is 18.1 Å². The van der Waals surface area contributed by atoms with E-state index in [1.165, 1.54) is 22.5 Å². The van der Waals surface area contributed by atoms with Crippen LogP contribution in [0.2, 0.25) is 0 Å². The second-order valence-corrected chi connectivity index (χ2v) is 6.93. The van der Waals surface area contributed by atoms with Crippen LogP contribution in [-0.4, -0.2) is 57.5 Å². The molecule has 0 spiro atoms. The maximum Gasteiger partial charge on any atom is 0.331 e. The van der Waals surface area contributed by atoms with Crippen LogP contribution in [0.5, 0.6) is 0 Å². The third-order valence-corrected chi connectivity index (χ3v) is 5.17. The number of esters is 1. The van der Waals surface area contributed by atoms with Gasteiger partial charge >= 0.3 is 5.97 Å². The average Bonchev–Trinajstić information content (AvgIpc) is 2.59. The van der Waals surface area contributed by atoms with Gasteiger partial charge in [0.25, 0.3) is 5.91 Å². The molecule has 1 aliphatic heterocycles. The van der Waals surface area contributed by atoms with Gasteiger partial charge in [-0.1, -0.05) is 12.1 Å². The topological polar surface area (TPSA) is 116 Å². The fraction of sp³-hybridized carbons (Fsp3) is 0.333. The minimum atomic E-state index is -3.54. The molecule has 0 saturated carbocycles. The van der Waals surface area contributed by atoms with Gasteiger partial charge in [0, 0.05) is 19.2 Å². The Kier molecular flexibility index (Phi) is 6.07. The summed E-state index contributed by atoms with van der Waals surface area (Å²) in [5, 5.41) is 0. The van der Waals surface area contributed by atoms with E-state index in [4.69, 9.17) is 10.5 Å². The van der Waals surface area contributed by atoms with Gasteiger partial charge in [-0.05, 0) is 23.8 Å². The Morgan fingerprint density at radius 3 is 2.42 bits per heavy atom. The van der Waals surface area contributed by atoms with Crippen LogP contribution in [0.15, 0.2) is 35.2 Å². The number of hydrogen-bond donors (Lipinski definition) is 1. The maximum absolute atomic E-state index is 12.4. The van der Waals surface area contributed by atoms with Gasteiger partial charge in [-0.15, -0.1) is 0 Å². The minimum Gasteiger partial charge on any atom is -0.452 e. The van der Waals surface area contributed by atoms with Crippen LogP contribution in [-0.2, 0) is 29.1 Å². The Balaban J connectivity index is 2.02. The monoisotopic (exact) mass is 354 g/mol. The molecule has 8 nitrogen and oxygen atoms in total. The molecular formula is C15H18N2O6S. The van der Waals surface area contributed by atoms with Crippen molar-refractivity contribution < 1.29 is 27.5 Å². The van der Waals surface area contributed by atoms with Crippen molar-refractivity contribution in [3.05, 3.63) is 35.9 Å². The van der Waals surface area contributed by atoms with E-state index in [1.54, 1.807) is 12.1 Å². The first-order chi connectivity index (χ1) is 11.4. The number of benzene rings is 1. The number of primary amides is 1. The number of nitrogens with zero attached hydrogens (tertiary/aromatic N) is 1. The third-order valence-electron chi connectivity index (χ3n) is 3.26. The molecule has 130 valence electrons. The quantitative estimate of drug-likeness (QED) is 0.556. The molecule has 0 unspecified atom stereocenters. The van der Waals surface area contributed by atoms with Crippen molar-refractivity contribution in [2.75, 3.05) is 32.9 Å². The van der Waals surface area contributed by atoms with Crippen molar-refractivity contribution in [3.8, 4) is 0 Å².